The van der Waals surface area contributed by atoms with Gasteiger partial charge < -0.3 is 4.42 Å². The van der Waals surface area contributed by atoms with Gasteiger partial charge in [0.2, 0.25) is 0 Å². The summed E-state index contributed by atoms with van der Waals surface area (Å²) in [6.45, 7) is 1.68. The molecule has 21 heavy (non-hydrogen) atoms. The summed E-state index contributed by atoms with van der Waals surface area (Å²) in [5, 5.41) is 14.5. The Morgan fingerprint density at radius 1 is 1.29 bits per heavy atom. The van der Waals surface area contributed by atoms with E-state index in [9.17, 15) is 14.9 Å². The molecule has 1 N–H and O–H groups in total. The summed E-state index contributed by atoms with van der Waals surface area (Å²) < 4.78 is 5.53. The third-order valence-corrected chi connectivity index (χ3v) is 3.04. The summed E-state index contributed by atoms with van der Waals surface area (Å²) in [5.74, 6) is -0.357. The first-order chi connectivity index (χ1) is 9.97. The number of carbonyl (C=O) groups excluding carboxylic acids is 1. The van der Waals surface area contributed by atoms with Crippen molar-refractivity contribution in [1.29, 1.82) is 0 Å². The molecule has 0 radical (unpaired) electrons. The second-order valence-electron chi connectivity index (χ2n) is 4.05. The number of nitro benzene ring substituents is 1. The Labute approximate surface area is 127 Å². The SMILES string of the molecule is C/C(=N/NC(=O)c1ccc(Br)o1)c1ccc([N+](=O)[O-])cc1. The van der Waals surface area contributed by atoms with E-state index in [-0.39, 0.29) is 11.4 Å². The number of amides is 1. The van der Waals surface area contributed by atoms with E-state index in [0.717, 1.165) is 0 Å². The van der Waals surface area contributed by atoms with Crippen LogP contribution in [-0.2, 0) is 0 Å². The molecule has 2 aromatic rings. The molecule has 0 unspecified atom stereocenters. The summed E-state index contributed by atoms with van der Waals surface area (Å²) in [6.07, 6.45) is 0. The first-order valence-electron chi connectivity index (χ1n) is 5.82. The van der Waals surface area contributed by atoms with Crippen LogP contribution in [-0.4, -0.2) is 16.5 Å². The molecule has 0 saturated carbocycles. The largest absolute Gasteiger partial charge is 0.444 e. The number of hydrazone groups is 1. The van der Waals surface area contributed by atoms with Gasteiger partial charge in [-0.3, -0.25) is 14.9 Å². The summed E-state index contributed by atoms with van der Waals surface area (Å²) in [4.78, 5) is 21.8. The van der Waals surface area contributed by atoms with Gasteiger partial charge in [0.25, 0.3) is 5.69 Å². The lowest BCUT2D eigenvalue weighted by molar-refractivity contribution is -0.384. The van der Waals surface area contributed by atoms with Gasteiger partial charge in [0, 0.05) is 12.1 Å². The number of hydrogen-bond acceptors (Lipinski definition) is 5. The molecule has 0 bridgehead atoms. The quantitative estimate of drug-likeness (QED) is 0.519. The van der Waals surface area contributed by atoms with Gasteiger partial charge in [-0.25, -0.2) is 5.43 Å². The number of halogens is 1. The molecule has 1 heterocycles. The molecule has 2 rings (SSSR count). The Hall–Kier alpha value is -2.48. The fourth-order valence-corrected chi connectivity index (χ4v) is 1.82. The van der Waals surface area contributed by atoms with Crippen molar-refractivity contribution >= 4 is 33.2 Å². The van der Waals surface area contributed by atoms with Gasteiger partial charge in [0.05, 0.1) is 10.6 Å². The monoisotopic (exact) mass is 351 g/mol. The van der Waals surface area contributed by atoms with Crippen molar-refractivity contribution in [2.24, 2.45) is 5.10 Å². The van der Waals surface area contributed by atoms with Gasteiger partial charge in [0.15, 0.2) is 10.4 Å². The molecule has 108 valence electrons. The van der Waals surface area contributed by atoms with Crippen LogP contribution in [0.4, 0.5) is 5.69 Å². The highest BCUT2D eigenvalue weighted by Crippen LogP contribution is 2.14. The average Bonchev–Trinajstić information content (AvgIpc) is 2.91. The number of carbonyl (C=O) groups is 1. The molecule has 7 nitrogen and oxygen atoms in total. The lowest BCUT2D eigenvalue weighted by atomic mass is 10.1. The van der Waals surface area contributed by atoms with Crippen molar-refractivity contribution in [3.8, 4) is 0 Å². The summed E-state index contributed by atoms with van der Waals surface area (Å²) >= 11 is 3.10. The third kappa shape index (κ3) is 3.76. The van der Waals surface area contributed by atoms with Crippen LogP contribution >= 0.6 is 15.9 Å². The molecule has 8 heteroatoms. The Balaban J connectivity index is 2.07. The number of benzene rings is 1. The number of non-ortho nitro benzene ring substituents is 1. The zero-order chi connectivity index (χ0) is 15.4. The van der Waals surface area contributed by atoms with Crippen molar-refractivity contribution < 1.29 is 14.1 Å². The number of furan rings is 1. The molecular weight excluding hydrogens is 342 g/mol. The van der Waals surface area contributed by atoms with E-state index in [1.165, 1.54) is 18.2 Å². The number of nitrogens with zero attached hydrogens (tertiary/aromatic N) is 2. The van der Waals surface area contributed by atoms with Crippen LogP contribution in [0, 0.1) is 10.1 Å². The Kier molecular flexibility index (Phi) is 4.49. The molecule has 1 amide bonds. The molecule has 0 saturated heterocycles. The maximum Gasteiger partial charge on any atom is 0.307 e. The van der Waals surface area contributed by atoms with Gasteiger partial charge in [0.1, 0.15) is 0 Å². The highest BCUT2D eigenvalue weighted by Gasteiger charge is 2.10. The zero-order valence-corrected chi connectivity index (χ0v) is 12.5. The van der Waals surface area contributed by atoms with Gasteiger partial charge in [-0.1, -0.05) is 0 Å². The van der Waals surface area contributed by atoms with Crippen molar-refractivity contribution in [1.82, 2.24) is 5.43 Å². The van der Waals surface area contributed by atoms with Crippen LogP contribution < -0.4 is 5.43 Å². The van der Waals surface area contributed by atoms with Crippen molar-refractivity contribution in [3.05, 3.63) is 62.5 Å². The summed E-state index contributed by atoms with van der Waals surface area (Å²) in [7, 11) is 0. The smallest absolute Gasteiger partial charge is 0.307 e. The fraction of sp³-hybridized carbons (Fsp3) is 0.0769. The van der Waals surface area contributed by atoms with Crippen LogP contribution in [0.1, 0.15) is 23.0 Å². The van der Waals surface area contributed by atoms with Gasteiger partial charge in [-0.2, -0.15) is 5.10 Å². The molecule has 0 aliphatic carbocycles. The first kappa shape index (κ1) is 14.9. The van der Waals surface area contributed by atoms with Crippen molar-refractivity contribution in [2.45, 2.75) is 6.92 Å². The van der Waals surface area contributed by atoms with Crippen LogP contribution in [0.5, 0.6) is 0 Å². The lowest BCUT2D eigenvalue weighted by Crippen LogP contribution is -2.18. The summed E-state index contributed by atoms with van der Waals surface area (Å²) in [5.41, 5.74) is 3.53. The Morgan fingerprint density at radius 2 is 1.95 bits per heavy atom. The molecule has 0 aliphatic heterocycles. The van der Waals surface area contributed by atoms with Crippen LogP contribution in [0.3, 0.4) is 0 Å². The Bertz CT molecular complexity index is 706. The summed E-state index contributed by atoms with van der Waals surface area (Å²) in [6, 6.07) is 8.98. The van der Waals surface area contributed by atoms with Crippen LogP contribution in [0.2, 0.25) is 0 Å². The zero-order valence-electron chi connectivity index (χ0n) is 10.9. The first-order valence-corrected chi connectivity index (χ1v) is 6.61. The van der Waals surface area contributed by atoms with E-state index in [2.05, 4.69) is 26.5 Å². The minimum absolute atomic E-state index is 0.00368. The van der Waals surface area contributed by atoms with E-state index >= 15 is 0 Å². The second kappa shape index (κ2) is 6.31. The van der Waals surface area contributed by atoms with Gasteiger partial charge >= 0.3 is 5.91 Å². The highest BCUT2D eigenvalue weighted by molar-refractivity contribution is 9.10. The second-order valence-corrected chi connectivity index (χ2v) is 4.83. The van der Waals surface area contributed by atoms with Crippen LogP contribution in [0.15, 0.2) is 50.6 Å². The minimum Gasteiger partial charge on any atom is -0.444 e. The molecule has 0 spiro atoms. The molecular formula is C13H10BrN3O4. The number of rotatable bonds is 4. The predicted octanol–water partition coefficient (Wildman–Crippen LogP) is 3.10. The van der Waals surface area contributed by atoms with Gasteiger partial charge in [-0.05, 0) is 52.7 Å². The van der Waals surface area contributed by atoms with Crippen molar-refractivity contribution in [2.75, 3.05) is 0 Å². The average molecular weight is 352 g/mol. The maximum atomic E-state index is 11.7. The number of nitrogens with one attached hydrogen (secondary N) is 1. The normalized spacial score (nSPS) is 11.2. The number of hydrogen-bond donors (Lipinski definition) is 1. The highest BCUT2D eigenvalue weighted by atomic mass is 79.9. The van der Waals surface area contributed by atoms with E-state index in [0.29, 0.717) is 15.9 Å². The molecule has 1 aromatic carbocycles. The van der Waals surface area contributed by atoms with Crippen LogP contribution in [0.25, 0.3) is 0 Å². The third-order valence-electron chi connectivity index (χ3n) is 2.62. The number of nitro groups is 1. The van der Waals surface area contributed by atoms with Crippen molar-refractivity contribution in [3.63, 3.8) is 0 Å². The fourth-order valence-electron chi connectivity index (χ4n) is 1.51. The molecule has 1 aromatic heterocycles. The van der Waals surface area contributed by atoms with Gasteiger partial charge in [-0.15, -0.1) is 0 Å². The Morgan fingerprint density at radius 3 is 2.48 bits per heavy atom. The molecule has 0 fully saturated rings. The van der Waals surface area contributed by atoms with E-state index in [1.54, 1.807) is 25.1 Å². The lowest BCUT2D eigenvalue weighted by Gasteiger charge is -2.01. The van der Waals surface area contributed by atoms with E-state index < -0.39 is 10.8 Å². The topological polar surface area (TPSA) is 97.7 Å². The standard InChI is InChI=1S/C13H10BrN3O4/c1-8(9-2-4-10(5-3-9)17(19)20)15-16-13(18)11-6-7-12(14)21-11/h2-7H,1H3,(H,16,18)/b15-8-. The molecule has 0 aliphatic rings. The predicted molar refractivity (Wildman–Crippen MR) is 79.2 cm³/mol. The van der Waals surface area contributed by atoms with E-state index in [1.807, 2.05) is 0 Å². The molecule has 0 atom stereocenters. The van der Waals surface area contributed by atoms with E-state index in [4.69, 9.17) is 4.42 Å². The maximum absolute atomic E-state index is 11.7. The minimum atomic E-state index is -0.484.